The van der Waals surface area contributed by atoms with Crippen molar-refractivity contribution in [1.29, 1.82) is 0 Å². The second-order valence-electron chi connectivity index (χ2n) is 5.32. The van der Waals surface area contributed by atoms with Crippen LogP contribution in [0.3, 0.4) is 0 Å². The Morgan fingerprint density at radius 3 is 3.15 bits per heavy atom. The molecular weight excluding hydrogens is 254 g/mol. The van der Waals surface area contributed by atoms with E-state index in [9.17, 15) is 5.11 Å². The molecule has 0 radical (unpaired) electrons. The molecule has 0 saturated carbocycles. The molecule has 0 aromatic carbocycles. The standard InChI is InChI=1S/C14H21N5O/c1-2-4-15-12-9-19-7-5-16-13(19)14(17-12)18-6-3-11(8-18)10-20/h5,7,9,11,15,20H,2-4,6,8,10H2,1H3. The lowest BCUT2D eigenvalue weighted by Gasteiger charge is -2.19. The van der Waals surface area contributed by atoms with Gasteiger partial charge in [0.05, 0.1) is 6.20 Å². The Bertz CT molecular complexity index is 582. The molecule has 1 saturated heterocycles. The van der Waals surface area contributed by atoms with Crippen molar-refractivity contribution in [2.75, 3.05) is 36.5 Å². The van der Waals surface area contributed by atoms with Gasteiger partial charge in [0, 0.05) is 44.6 Å². The molecule has 2 N–H and O–H groups in total. The Labute approximate surface area is 118 Å². The van der Waals surface area contributed by atoms with Gasteiger partial charge >= 0.3 is 0 Å². The van der Waals surface area contributed by atoms with Crippen molar-refractivity contribution in [3.63, 3.8) is 0 Å². The first-order valence-electron chi connectivity index (χ1n) is 7.25. The van der Waals surface area contributed by atoms with Crippen LogP contribution in [0, 0.1) is 5.92 Å². The van der Waals surface area contributed by atoms with Crippen molar-refractivity contribution < 1.29 is 5.11 Å². The van der Waals surface area contributed by atoms with Gasteiger partial charge in [-0.1, -0.05) is 6.92 Å². The lowest BCUT2D eigenvalue weighted by molar-refractivity contribution is 0.238. The Balaban J connectivity index is 1.93. The molecule has 2 aromatic rings. The largest absolute Gasteiger partial charge is 0.396 e. The minimum Gasteiger partial charge on any atom is -0.396 e. The molecule has 6 nitrogen and oxygen atoms in total. The summed E-state index contributed by atoms with van der Waals surface area (Å²) in [5, 5.41) is 12.6. The van der Waals surface area contributed by atoms with Gasteiger partial charge in [0.15, 0.2) is 11.5 Å². The number of aromatic nitrogens is 3. The summed E-state index contributed by atoms with van der Waals surface area (Å²) in [7, 11) is 0. The second kappa shape index (κ2) is 5.66. The van der Waals surface area contributed by atoms with Gasteiger partial charge in [-0.25, -0.2) is 9.97 Å². The van der Waals surface area contributed by atoms with Gasteiger partial charge in [-0.15, -0.1) is 0 Å². The smallest absolute Gasteiger partial charge is 0.180 e. The third-order valence-electron chi connectivity index (χ3n) is 3.76. The average molecular weight is 275 g/mol. The van der Waals surface area contributed by atoms with Crippen LogP contribution in [0.15, 0.2) is 18.6 Å². The zero-order chi connectivity index (χ0) is 13.9. The number of nitrogens with one attached hydrogen (secondary N) is 1. The predicted molar refractivity (Wildman–Crippen MR) is 79.2 cm³/mol. The number of aliphatic hydroxyl groups excluding tert-OH is 1. The van der Waals surface area contributed by atoms with E-state index in [1.165, 1.54) is 0 Å². The van der Waals surface area contributed by atoms with Crippen molar-refractivity contribution in [3.05, 3.63) is 18.6 Å². The van der Waals surface area contributed by atoms with E-state index in [2.05, 4.69) is 22.1 Å². The number of hydrogen-bond donors (Lipinski definition) is 2. The minimum atomic E-state index is 0.245. The molecule has 6 heteroatoms. The average Bonchev–Trinajstić information content (AvgIpc) is 3.12. The molecule has 0 amide bonds. The molecule has 1 atom stereocenters. The highest BCUT2D eigenvalue weighted by molar-refractivity contribution is 5.67. The van der Waals surface area contributed by atoms with Crippen LogP contribution in [0.4, 0.5) is 11.6 Å². The summed E-state index contributed by atoms with van der Waals surface area (Å²) in [6.45, 7) is 5.07. The van der Waals surface area contributed by atoms with E-state index in [1.54, 1.807) is 6.20 Å². The van der Waals surface area contributed by atoms with Crippen LogP contribution >= 0.6 is 0 Å². The molecule has 2 aromatic heterocycles. The Kier molecular flexibility index (Phi) is 3.73. The van der Waals surface area contributed by atoms with Crippen molar-refractivity contribution in [1.82, 2.24) is 14.4 Å². The number of rotatable bonds is 5. The molecule has 0 aliphatic carbocycles. The minimum absolute atomic E-state index is 0.245. The zero-order valence-corrected chi connectivity index (χ0v) is 11.8. The Hall–Kier alpha value is -1.82. The van der Waals surface area contributed by atoms with Crippen LogP contribution < -0.4 is 10.2 Å². The molecule has 1 fully saturated rings. The zero-order valence-electron chi connectivity index (χ0n) is 11.8. The molecule has 3 rings (SSSR count). The lowest BCUT2D eigenvalue weighted by Crippen LogP contribution is -2.23. The summed E-state index contributed by atoms with van der Waals surface area (Å²) in [6, 6.07) is 0. The number of anilines is 2. The first kappa shape index (κ1) is 13.2. The lowest BCUT2D eigenvalue weighted by atomic mass is 10.1. The first-order valence-corrected chi connectivity index (χ1v) is 7.25. The van der Waals surface area contributed by atoms with Gasteiger partial charge in [0.1, 0.15) is 5.82 Å². The third-order valence-corrected chi connectivity index (χ3v) is 3.76. The van der Waals surface area contributed by atoms with E-state index >= 15 is 0 Å². The van der Waals surface area contributed by atoms with Gasteiger partial charge in [-0.2, -0.15) is 0 Å². The predicted octanol–water partition coefficient (Wildman–Crippen LogP) is 1.37. The van der Waals surface area contributed by atoms with Gasteiger partial charge in [-0.05, 0) is 12.8 Å². The van der Waals surface area contributed by atoms with Crippen LogP contribution in [0.1, 0.15) is 19.8 Å². The van der Waals surface area contributed by atoms with Crippen LogP contribution in [0.25, 0.3) is 5.65 Å². The van der Waals surface area contributed by atoms with Crippen molar-refractivity contribution in [2.45, 2.75) is 19.8 Å². The quantitative estimate of drug-likeness (QED) is 0.863. The highest BCUT2D eigenvalue weighted by atomic mass is 16.3. The number of nitrogens with zero attached hydrogens (tertiary/aromatic N) is 4. The topological polar surface area (TPSA) is 65.7 Å². The highest BCUT2D eigenvalue weighted by Gasteiger charge is 2.25. The fourth-order valence-electron chi connectivity index (χ4n) is 2.64. The highest BCUT2D eigenvalue weighted by Crippen LogP contribution is 2.26. The Morgan fingerprint density at radius 2 is 2.40 bits per heavy atom. The van der Waals surface area contributed by atoms with E-state index in [0.717, 1.165) is 49.8 Å². The molecule has 1 unspecified atom stereocenters. The maximum Gasteiger partial charge on any atom is 0.180 e. The second-order valence-corrected chi connectivity index (χ2v) is 5.32. The van der Waals surface area contributed by atoms with Gasteiger partial charge in [0.25, 0.3) is 0 Å². The number of imidazole rings is 1. The molecule has 3 heterocycles. The summed E-state index contributed by atoms with van der Waals surface area (Å²) in [5.41, 5.74) is 0.880. The van der Waals surface area contributed by atoms with E-state index in [1.807, 2.05) is 16.8 Å². The van der Waals surface area contributed by atoms with Gasteiger partial charge in [0.2, 0.25) is 0 Å². The van der Waals surface area contributed by atoms with Crippen LogP contribution in [0.2, 0.25) is 0 Å². The fourth-order valence-corrected chi connectivity index (χ4v) is 2.64. The number of hydrogen-bond acceptors (Lipinski definition) is 5. The molecule has 0 spiro atoms. The van der Waals surface area contributed by atoms with E-state index in [4.69, 9.17) is 4.98 Å². The van der Waals surface area contributed by atoms with Crippen LogP contribution in [-0.2, 0) is 0 Å². The summed E-state index contributed by atoms with van der Waals surface area (Å²) in [4.78, 5) is 11.3. The SMILES string of the molecule is CCCNc1cn2ccnc2c(N2CCC(CO)C2)n1. The molecule has 108 valence electrons. The summed E-state index contributed by atoms with van der Waals surface area (Å²) < 4.78 is 2.01. The van der Waals surface area contributed by atoms with Crippen LogP contribution in [0.5, 0.6) is 0 Å². The van der Waals surface area contributed by atoms with Gasteiger partial charge in [-0.3, -0.25) is 0 Å². The van der Waals surface area contributed by atoms with Crippen molar-refractivity contribution in [2.24, 2.45) is 5.92 Å². The fraction of sp³-hybridized carbons (Fsp3) is 0.571. The van der Waals surface area contributed by atoms with Crippen molar-refractivity contribution >= 4 is 17.3 Å². The monoisotopic (exact) mass is 275 g/mol. The van der Waals surface area contributed by atoms with Crippen LogP contribution in [-0.4, -0.2) is 45.7 Å². The van der Waals surface area contributed by atoms with Gasteiger partial charge < -0.3 is 19.7 Å². The molecular formula is C14H21N5O. The molecule has 1 aliphatic heterocycles. The number of fused-ring (bicyclic) bond motifs is 1. The number of aliphatic hydroxyl groups is 1. The van der Waals surface area contributed by atoms with Crippen molar-refractivity contribution in [3.8, 4) is 0 Å². The maximum atomic E-state index is 9.29. The third kappa shape index (κ3) is 2.43. The summed E-state index contributed by atoms with van der Waals surface area (Å²) >= 11 is 0. The Morgan fingerprint density at radius 1 is 1.50 bits per heavy atom. The van der Waals surface area contributed by atoms with E-state index in [-0.39, 0.29) is 6.61 Å². The van der Waals surface area contributed by atoms with E-state index in [0.29, 0.717) is 5.92 Å². The molecule has 20 heavy (non-hydrogen) atoms. The normalized spacial score (nSPS) is 18.9. The molecule has 1 aliphatic rings. The van der Waals surface area contributed by atoms with E-state index < -0.39 is 0 Å². The summed E-state index contributed by atoms with van der Waals surface area (Å²) in [6.07, 6.45) is 7.79. The first-order chi connectivity index (χ1) is 9.81. The maximum absolute atomic E-state index is 9.29. The molecule has 0 bridgehead atoms. The summed E-state index contributed by atoms with van der Waals surface area (Å²) in [5.74, 6) is 2.13.